The molecule has 0 fully saturated rings. The fourth-order valence-corrected chi connectivity index (χ4v) is 4.03. The second-order valence-corrected chi connectivity index (χ2v) is 7.49. The molecule has 1 rings (SSSR count). The van der Waals surface area contributed by atoms with Crippen LogP contribution in [0.3, 0.4) is 0 Å². The van der Waals surface area contributed by atoms with Crippen LogP contribution in [0.15, 0.2) is 29.2 Å². The predicted octanol–water partition coefficient (Wildman–Crippen LogP) is 1.26. The predicted molar refractivity (Wildman–Crippen MR) is 76.4 cm³/mol. The summed E-state index contributed by atoms with van der Waals surface area (Å²) in [6, 6.07) is 4.96. The minimum absolute atomic E-state index is 0.0639. The van der Waals surface area contributed by atoms with Crippen molar-refractivity contribution in [2.24, 2.45) is 5.73 Å². The summed E-state index contributed by atoms with van der Waals surface area (Å²) in [5.41, 5.74) is 5.31. The summed E-state index contributed by atoms with van der Waals surface area (Å²) in [4.78, 5) is 10.7. The van der Waals surface area contributed by atoms with Gasteiger partial charge in [-0.3, -0.25) is 4.79 Å². The number of carbonyl (C=O) groups is 1. The van der Waals surface area contributed by atoms with E-state index in [2.05, 4.69) is 0 Å². The molecular weight excluding hydrogens is 310 g/mol. The summed E-state index contributed by atoms with van der Waals surface area (Å²) in [6.45, 7) is 0. The molecule has 0 spiro atoms. The van der Waals surface area contributed by atoms with Gasteiger partial charge in [0.1, 0.15) is 6.04 Å². The van der Waals surface area contributed by atoms with Crippen molar-refractivity contribution >= 4 is 39.2 Å². The van der Waals surface area contributed by atoms with Gasteiger partial charge in [0.2, 0.25) is 0 Å². The van der Waals surface area contributed by atoms with Gasteiger partial charge in [0, 0.05) is 16.5 Å². The monoisotopic (exact) mass is 323 g/mol. The molecular formula is C11H14ClNO4S2. The third-order valence-electron chi connectivity index (χ3n) is 2.28. The van der Waals surface area contributed by atoms with E-state index in [1.54, 1.807) is 0 Å². The van der Waals surface area contributed by atoms with Crippen molar-refractivity contribution in [3.8, 4) is 0 Å². The number of benzene rings is 1. The van der Waals surface area contributed by atoms with E-state index in [9.17, 15) is 13.2 Å². The van der Waals surface area contributed by atoms with Crippen LogP contribution in [0, 0.1) is 0 Å². The smallest absolute Gasteiger partial charge is 0.321 e. The molecule has 8 heteroatoms. The molecule has 0 aliphatic heterocycles. The first kappa shape index (κ1) is 16.3. The van der Waals surface area contributed by atoms with Crippen molar-refractivity contribution in [2.75, 3.05) is 17.3 Å². The lowest BCUT2D eigenvalue weighted by Crippen LogP contribution is -2.32. The van der Waals surface area contributed by atoms with Crippen molar-refractivity contribution in [2.45, 2.75) is 10.9 Å². The molecule has 3 N–H and O–H groups in total. The standard InChI is InChI=1S/C11H14ClNO4S2/c12-8-1-3-9(4-2-8)19(16,17)6-5-18-7-10(13)11(14)15/h1-4,10H,5-7,13H2,(H,14,15). The van der Waals surface area contributed by atoms with E-state index in [1.807, 2.05) is 0 Å². The van der Waals surface area contributed by atoms with Gasteiger partial charge in [0.15, 0.2) is 9.84 Å². The van der Waals surface area contributed by atoms with Gasteiger partial charge in [0.25, 0.3) is 0 Å². The Bertz CT molecular complexity index is 530. The molecule has 19 heavy (non-hydrogen) atoms. The zero-order chi connectivity index (χ0) is 14.5. The number of sulfone groups is 1. The Hall–Kier alpha value is -0.760. The molecule has 0 amide bonds. The quantitative estimate of drug-likeness (QED) is 0.733. The number of thioether (sulfide) groups is 1. The maximum absolute atomic E-state index is 11.9. The van der Waals surface area contributed by atoms with E-state index < -0.39 is 21.8 Å². The van der Waals surface area contributed by atoms with Gasteiger partial charge in [-0.15, -0.1) is 0 Å². The molecule has 0 heterocycles. The van der Waals surface area contributed by atoms with Crippen LogP contribution < -0.4 is 5.73 Å². The molecule has 0 aliphatic rings. The van der Waals surface area contributed by atoms with Crippen LogP contribution >= 0.6 is 23.4 Å². The number of rotatable bonds is 7. The lowest BCUT2D eigenvalue weighted by molar-refractivity contribution is -0.137. The highest BCUT2D eigenvalue weighted by Gasteiger charge is 2.15. The number of halogens is 1. The van der Waals surface area contributed by atoms with E-state index in [-0.39, 0.29) is 16.4 Å². The van der Waals surface area contributed by atoms with E-state index >= 15 is 0 Å². The molecule has 0 radical (unpaired) electrons. The number of carboxylic acid groups (broad SMARTS) is 1. The van der Waals surface area contributed by atoms with E-state index in [1.165, 1.54) is 36.0 Å². The molecule has 0 saturated carbocycles. The first-order chi connectivity index (χ1) is 8.83. The third kappa shape index (κ3) is 5.40. The highest BCUT2D eigenvalue weighted by atomic mass is 35.5. The minimum atomic E-state index is -3.36. The largest absolute Gasteiger partial charge is 0.480 e. The van der Waals surface area contributed by atoms with Crippen molar-refractivity contribution in [1.29, 1.82) is 0 Å². The molecule has 106 valence electrons. The molecule has 1 atom stereocenters. The molecule has 1 aromatic carbocycles. The average Bonchev–Trinajstić information content (AvgIpc) is 2.34. The number of carboxylic acids is 1. The Kier molecular flexibility index (Phi) is 6.12. The summed E-state index contributed by atoms with van der Waals surface area (Å²) in [6.07, 6.45) is 0. The lowest BCUT2D eigenvalue weighted by Gasteiger charge is -2.07. The molecule has 0 aromatic heterocycles. The van der Waals surface area contributed by atoms with Gasteiger partial charge < -0.3 is 10.8 Å². The Morgan fingerprint density at radius 2 is 1.95 bits per heavy atom. The summed E-state index contributed by atoms with van der Waals surface area (Å²) in [5.74, 6) is -0.670. The maximum atomic E-state index is 11.9. The van der Waals surface area contributed by atoms with Crippen molar-refractivity contribution < 1.29 is 18.3 Å². The highest BCUT2D eigenvalue weighted by molar-refractivity contribution is 8.00. The number of aliphatic carboxylic acids is 1. The summed E-state index contributed by atoms with van der Waals surface area (Å²) in [5, 5.41) is 9.05. The second-order valence-electron chi connectivity index (χ2n) is 3.79. The molecule has 1 aromatic rings. The van der Waals surface area contributed by atoms with Crippen LogP contribution in [0.1, 0.15) is 0 Å². The van der Waals surface area contributed by atoms with Crippen molar-refractivity contribution in [1.82, 2.24) is 0 Å². The van der Waals surface area contributed by atoms with Crippen LogP contribution in [0.4, 0.5) is 0 Å². The molecule has 0 bridgehead atoms. The van der Waals surface area contributed by atoms with Crippen LogP contribution in [-0.2, 0) is 14.6 Å². The zero-order valence-corrected chi connectivity index (χ0v) is 12.3. The number of hydrogen-bond donors (Lipinski definition) is 2. The van der Waals surface area contributed by atoms with Crippen LogP contribution in [0.5, 0.6) is 0 Å². The molecule has 0 aliphatic carbocycles. The molecule has 1 unspecified atom stereocenters. The van der Waals surface area contributed by atoms with Gasteiger partial charge in [-0.25, -0.2) is 8.42 Å². The third-order valence-corrected chi connectivity index (χ3v) is 5.61. The van der Waals surface area contributed by atoms with Gasteiger partial charge in [0.05, 0.1) is 10.6 Å². The zero-order valence-electron chi connectivity index (χ0n) is 9.95. The van der Waals surface area contributed by atoms with Gasteiger partial charge in [-0.05, 0) is 24.3 Å². The van der Waals surface area contributed by atoms with Crippen LogP contribution in [0.25, 0.3) is 0 Å². The lowest BCUT2D eigenvalue weighted by atomic mass is 10.4. The number of nitrogens with two attached hydrogens (primary N) is 1. The fourth-order valence-electron chi connectivity index (χ4n) is 1.21. The summed E-state index contributed by atoms with van der Waals surface area (Å²) >= 11 is 6.89. The van der Waals surface area contributed by atoms with E-state index in [4.69, 9.17) is 22.4 Å². The second kappa shape index (κ2) is 7.14. The SMILES string of the molecule is NC(CSCCS(=O)(=O)c1ccc(Cl)cc1)C(=O)O. The maximum Gasteiger partial charge on any atom is 0.321 e. The Morgan fingerprint density at radius 1 is 1.37 bits per heavy atom. The minimum Gasteiger partial charge on any atom is -0.480 e. The average molecular weight is 324 g/mol. The normalized spacial score (nSPS) is 13.2. The molecule has 5 nitrogen and oxygen atoms in total. The summed E-state index contributed by atoms with van der Waals surface area (Å²) in [7, 11) is -3.36. The first-order valence-electron chi connectivity index (χ1n) is 5.37. The Labute approximate surface area is 121 Å². The van der Waals surface area contributed by atoms with Gasteiger partial charge in [-0.2, -0.15) is 11.8 Å². The van der Waals surface area contributed by atoms with E-state index in [0.717, 1.165) is 0 Å². The van der Waals surface area contributed by atoms with E-state index in [0.29, 0.717) is 10.8 Å². The fraction of sp³-hybridized carbons (Fsp3) is 0.364. The summed E-state index contributed by atoms with van der Waals surface area (Å²) < 4.78 is 23.8. The highest BCUT2D eigenvalue weighted by Crippen LogP contribution is 2.16. The van der Waals surface area contributed by atoms with Crippen molar-refractivity contribution in [3.63, 3.8) is 0 Å². The Balaban J connectivity index is 2.48. The van der Waals surface area contributed by atoms with Gasteiger partial charge in [-0.1, -0.05) is 11.6 Å². The van der Waals surface area contributed by atoms with Crippen LogP contribution in [-0.4, -0.2) is 42.8 Å². The number of hydrogen-bond acceptors (Lipinski definition) is 5. The van der Waals surface area contributed by atoms with Crippen LogP contribution in [0.2, 0.25) is 5.02 Å². The topological polar surface area (TPSA) is 97.5 Å². The Morgan fingerprint density at radius 3 is 2.47 bits per heavy atom. The van der Waals surface area contributed by atoms with Gasteiger partial charge >= 0.3 is 5.97 Å². The molecule has 0 saturated heterocycles. The van der Waals surface area contributed by atoms with Crippen molar-refractivity contribution in [3.05, 3.63) is 29.3 Å². The first-order valence-corrected chi connectivity index (χ1v) is 8.56.